The maximum atomic E-state index is 12.2. The van der Waals surface area contributed by atoms with Crippen LogP contribution in [0.15, 0.2) is 29.3 Å². The third-order valence-corrected chi connectivity index (χ3v) is 9.91. The maximum absolute atomic E-state index is 12.2. The van der Waals surface area contributed by atoms with Crippen molar-refractivity contribution in [2.45, 2.75) is 64.6 Å². The number of hydrogen-bond donors (Lipinski definition) is 1. The number of fused-ring (bicyclic) bond motifs is 1. The zero-order valence-electron chi connectivity index (χ0n) is 20.5. The maximum Gasteiger partial charge on any atom is 0.251 e. The van der Waals surface area contributed by atoms with E-state index in [1.54, 1.807) is 6.20 Å². The second kappa shape index (κ2) is 10.2. The highest BCUT2D eigenvalue weighted by atomic mass is 32.2. The van der Waals surface area contributed by atoms with Crippen LogP contribution < -0.4 is 5.32 Å². The lowest BCUT2D eigenvalue weighted by molar-refractivity contribution is 0.0899. The Balaban J connectivity index is 1.50. The number of sulfone groups is 1. The number of nitrogens with zero attached hydrogens (tertiary/aromatic N) is 4. The smallest absolute Gasteiger partial charge is 0.251 e. The molecule has 0 aromatic carbocycles. The fraction of sp³-hybridized carbons (Fsp3) is 0.609. The Morgan fingerprint density at radius 2 is 2.09 bits per heavy atom. The van der Waals surface area contributed by atoms with Crippen LogP contribution in [0.2, 0.25) is 25.7 Å². The first kappa shape index (κ1) is 24.9. The third-order valence-electron chi connectivity index (χ3n) is 6.19. The predicted molar refractivity (Wildman–Crippen MR) is 136 cm³/mol. The predicted octanol–water partition coefficient (Wildman–Crippen LogP) is 4.41. The molecule has 0 amide bonds. The van der Waals surface area contributed by atoms with Gasteiger partial charge in [0.1, 0.15) is 12.4 Å². The van der Waals surface area contributed by atoms with Gasteiger partial charge >= 0.3 is 0 Å². The molecule has 0 unspecified atom stereocenters. The van der Waals surface area contributed by atoms with Crippen molar-refractivity contribution < 1.29 is 17.6 Å². The minimum atomic E-state index is -2.97. The number of ether oxygens (including phenoxy) is 1. The van der Waals surface area contributed by atoms with Crippen LogP contribution in [0.1, 0.15) is 26.2 Å². The molecule has 0 saturated heterocycles. The lowest BCUT2D eigenvalue weighted by atomic mass is 9.81. The highest BCUT2D eigenvalue weighted by Crippen LogP contribution is 2.38. The van der Waals surface area contributed by atoms with Crippen molar-refractivity contribution in [1.82, 2.24) is 19.7 Å². The van der Waals surface area contributed by atoms with Crippen LogP contribution in [0.25, 0.3) is 22.5 Å². The minimum Gasteiger partial charge on any atom is -0.423 e. The summed E-state index contributed by atoms with van der Waals surface area (Å²) >= 11 is 0. The summed E-state index contributed by atoms with van der Waals surface area (Å²) < 4.78 is 37.8. The van der Waals surface area contributed by atoms with Crippen molar-refractivity contribution in [2.24, 2.45) is 5.92 Å². The quantitative estimate of drug-likeness (QED) is 0.284. The van der Waals surface area contributed by atoms with Crippen LogP contribution >= 0.6 is 0 Å². The first-order valence-corrected chi connectivity index (χ1v) is 17.5. The summed E-state index contributed by atoms with van der Waals surface area (Å²) in [6, 6.07) is 3.32. The van der Waals surface area contributed by atoms with E-state index in [9.17, 15) is 8.42 Å². The summed E-state index contributed by atoms with van der Waals surface area (Å²) in [5.41, 5.74) is 2.44. The Kier molecular flexibility index (Phi) is 7.44. The molecule has 0 bridgehead atoms. The molecule has 3 aromatic rings. The molecule has 0 radical (unpaired) electrons. The standard InChI is InChI=1S/C23H35N5O4SSi/c1-5-9-33(29,30)14-17-11-18(12-17)26-21-19-6-7-28(16-31-8-10-34(2,3)4)22(19)24-13-20(21)23-27-25-15-32-23/h6-7,13,15,17-18H,5,8-12,14,16H2,1-4H3,(H,24,26). The first-order chi connectivity index (χ1) is 16.1. The van der Waals surface area contributed by atoms with Crippen molar-refractivity contribution in [3.05, 3.63) is 24.9 Å². The number of nitrogens with one attached hydrogen (secondary N) is 1. The molecule has 1 aliphatic rings. The van der Waals surface area contributed by atoms with E-state index in [1.165, 1.54) is 6.39 Å². The molecule has 0 aliphatic heterocycles. The van der Waals surface area contributed by atoms with Gasteiger partial charge in [-0.15, -0.1) is 10.2 Å². The average Bonchev–Trinajstić information content (AvgIpc) is 3.39. The van der Waals surface area contributed by atoms with Crippen LogP contribution in [0.4, 0.5) is 5.69 Å². The molecule has 1 fully saturated rings. The highest BCUT2D eigenvalue weighted by Gasteiger charge is 2.33. The van der Waals surface area contributed by atoms with Crippen LogP contribution in [-0.4, -0.2) is 60.4 Å². The normalized spacial score (nSPS) is 18.8. The molecule has 1 aliphatic carbocycles. The van der Waals surface area contributed by atoms with Gasteiger partial charge in [0.05, 0.1) is 17.0 Å². The number of pyridine rings is 1. The van der Waals surface area contributed by atoms with Gasteiger partial charge in [-0.3, -0.25) is 0 Å². The van der Waals surface area contributed by atoms with E-state index in [2.05, 4.69) is 40.1 Å². The monoisotopic (exact) mass is 505 g/mol. The molecule has 0 spiro atoms. The SMILES string of the molecule is CCCS(=O)(=O)CC1CC(Nc2c(-c3nnco3)cnc3c2ccn3COCC[Si](C)(C)C)C1. The van der Waals surface area contributed by atoms with Crippen molar-refractivity contribution in [2.75, 3.05) is 23.4 Å². The van der Waals surface area contributed by atoms with Gasteiger partial charge in [-0.2, -0.15) is 0 Å². The molecule has 0 atom stereocenters. The van der Waals surface area contributed by atoms with Crippen LogP contribution in [-0.2, 0) is 21.3 Å². The number of aromatic nitrogens is 4. The Morgan fingerprint density at radius 3 is 2.76 bits per heavy atom. The van der Waals surface area contributed by atoms with E-state index in [0.717, 1.165) is 47.8 Å². The van der Waals surface area contributed by atoms with Gasteiger partial charge in [0.2, 0.25) is 6.39 Å². The van der Waals surface area contributed by atoms with Gasteiger partial charge in [-0.05, 0) is 37.3 Å². The van der Waals surface area contributed by atoms with E-state index in [0.29, 0.717) is 19.0 Å². The van der Waals surface area contributed by atoms with Crippen LogP contribution in [0.3, 0.4) is 0 Å². The Morgan fingerprint density at radius 1 is 1.29 bits per heavy atom. The zero-order chi connectivity index (χ0) is 24.3. The van der Waals surface area contributed by atoms with Gasteiger partial charge in [0.15, 0.2) is 9.84 Å². The summed E-state index contributed by atoms with van der Waals surface area (Å²) in [6.07, 6.45) is 7.33. The highest BCUT2D eigenvalue weighted by molar-refractivity contribution is 7.91. The molecular weight excluding hydrogens is 470 g/mol. The van der Waals surface area contributed by atoms with E-state index >= 15 is 0 Å². The molecule has 186 valence electrons. The fourth-order valence-electron chi connectivity index (χ4n) is 4.34. The van der Waals surface area contributed by atoms with Crippen molar-refractivity contribution in [3.8, 4) is 11.5 Å². The van der Waals surface area contributed by atoms with E-state index in [-0.39, 0.29) is 23.5 Å². The summed E-state index contributed by atoms with van der Waals surface area (Å²) in [5.74, 6) is 1.13. The average molecular weight is 506 g/mol. The summed E-state index contributed by atoms with van der Waals surface area (Å²) in [4.78, 5) is 4.66. The molecule has 11 heteroatoms. The molecule has 3 heterocycles. The molecular formula is C23H35N5O4SSi. The Hall–Kier alpha value is -2.24. The lowest BCUT2D eigenvalue weighted by Gasteiger charge is -2.36. The Labute approximate surface area is 202 Å². The van der Waals surface area contributed by atoms with E-state index < -0.39 is 17.9 Å². The Bertz CT molecular complexity index is 1200. The largest absolute Gasteiger partial charge is 0.423 e. The molecule has 3 aromatic heterocycles. The number of hydrogen-bond acceptors (Lipinski definition) is 8. The van der Waals surface area contributed by atoms with E-state index in [1.807, 2.05) is 23.8 Å². The molecule has 1 N–H and O–H groups in total. The summed E-state index contributed by atoms with van der Waals surface area (Å²) in [6.45, 7) is 10.1. The van der Waals surface area contributed by atoms with Crippen LogP contribution in [0.5, 0.6) is 0 Å². The third kappa shape index (κ3) is 6.05. The van der Waals surface area contributed by atoms with Crippen molar-refractivity contribution >= 4 is 34.6 Å². The molecule has 34 heavy (non-hydrogen) atoms. The molecule has 9 nitrogen and oxygen atoms in total. The number of rotatable bonds is 12. The number of anilines is 1. The van der Waals surface area contributed by atoms with Gasteiger partial charge < -0.3 is 19.0 Å². The van der Waals surface area contributed by atoms with Crippen molar-refractivity contribution in [1.29, 1.82) is 0 Å². The second-order valence-corrected chi connectivity index (χ2v) is 18.3. The molecule has 1 saturated carbocycles. The van der Waals surface area contributed by atoms with Gasteiger partial charge in [-0.1, -0.05) is 26.6 Å². The van der Waals surface area contributed by atoms with Gasteiger partial charge in [-0.25, -0.2) is 13.4 Å². The lowest BCUT2D eigenvalue weighted by Crippen LogP contribution is -2.39. The van der Waals surface area contributed by atoms with Crippen LogP contribution in [0, 0.1) is 5.92 Å². The van der Waals surface area contributed by atoms with Crippen molar-refractivity contribution in [3.63, 3.8) is 0 Å². The fourth-order valence-corrected chi connectivity index (χ4v) is 6.88. The molecule has 4 rings (SSSR count). The second-order valence-electron chi connectivity index (χ2n) is 10.5. The topological polar surface area (TPSA) is 112 Å². The minimum absolute atomic E-state index is 0.186. The summed E-state index contributed by atoms with van der Waals surface area (Å²) in [7, 11) is -4.11. The van der Waals surface area contributed by atoms with Gasteiger partial charge in [0.25, 0.3) is 5.89 Å². The van der Waals surface area contributed by atoms with E-state index in [4.69, 9.17) is 9.15 Å². The first-order valence-electron chi connectivity index (χ1n) is 11.9. The zero-order valence-corrected chi connectivity index (χ0v) is 22.3. The van der Waals surface area contributed by atoms with Gasteiger partial charge in [0, 0.05) is 44.3 Å². The summed E-state index contributed by atoms with van der Waals surface area (Å²) in [5, 5.41) is 12.5.